The van der Waals surface area contributed by atoms with Gasteiger partial charge in [0.2, 0.25) is 5.91 Å². The first kappa shape index (κ1) is 19.8. The van der Waals surface area contributed by atoms with Gasteiger partial charge in [-0.2, -0.15) is 11.8 Å². The minimum Gasteiger partial charge on any atom is -0.340 e. The molecule has 0 heterocycles. The molecular formula is C18H18BrClN2O2S. The molecule has 132 valence electrons. The van der Waals surface area contributed by atoms with E-state index in [0.29, 0.717) is 27.2 Å². The summed E-state index contributed by atoms with van der Waals surface area (Å²) in [5.74, 6) is 0.159. The number of amides is 2. The molecule has 0 aliphatic heterocycles. The molecule has 1 unspecified atom stereocenters. The predicted octanol–water partition coefficient (Wildman–Crippen LogP) is 4.59. The van der Waals surface area contributed by atoms with Gasteiger partial charge in [0.1, 0.15) is 6.04 Å². The quantitative estimate of drug-likeness (QED) is 0.660. The van der Waals surface area contributed by atoms with Gasteiger partial charge in [-0.1, -0.05) is 35.9 Å². The van der Waals surface area contributed by atoms with Gasteiger partial charge in [0.15, 0.2) is 0 Å². The molecule has 4 nitrogen and oxygen atoms in total. The Hall–Kier alpha value is -1.50. The van der Waals surface area contributed by atoms with Crippen LogP contribution in [-0.4, -0.2) is 29.9 Å². The zero-order valence-electron chi connectivity index (χ0n) is 13.6. The van der Waals surface area contributed by atoms with Gasteiger partial charge < -0.3 is 10.6 Å². The number of hydrogen-bond donors (Lipinski definition) is 2. The normalized spacial score (nSPS) is 11.6. The maximum Gasteiger partial charge on any atom is 0.253 e. The lowest BCUT2D eigenvalue weighted by Gasteiger charge is -2.19. The van der Waals surface area contributed by atoms with Crippen molar-refractivity contribution >= 4 is 56.8 Å². The monoisotopic (exact) mass is 440 g/mol. The van der Waals surface area contributed by atoms with Crippen molar-refractivity contribution in [2.45, 2.75) is 12.5 Å². The highest BCUT2D eigenvalue weighted by molar-refractivity contribution is 9.10. The molecule has 1 atom stereocenters. The third-order valence-corrected chi connectivity index (χ3v) is 5.15. The van der Waals surface area contributed by atoms with Crippen LogP contribution in [0.4, 0.5) is 5.69 Å². The van der Waals surface area contributed by atoms with Crippen molar-refractivity contribution in [3.05, 3.63) is 63.6 Å². The molecule has 25 heavy (non-hydrogen) atoms. The third-order valence-electron chi connectivity index (χ3n) is 3.48. The fourth-order valence-corrected chi connectivity index (χ4v) is 3.29. The molecule has 0 spiro atoms. The van der Waals surface area contributed by atoms with Crippen LogP contribution >= 0.6 is 39.3 Å². The first-order valence-electron chi connectivity index (χ1n) is 7.62. The first-order chi connectivity index (χ1) is 12.0. The van der Waals surface area contributed by atoms with E-state index in [1.807, 2.05) is 12.3 Å². The maximum absolute atomic E-state index is 12.6. The van der Waals surface area contributed by atoms with Gasteiger partial charge in [0.05, 0.1) is 16.3 Å². The molecule has 7 heteroatoms. The van der Waals surface area contributed by atoms with Gasteiger partial charge in [-0.25, -0.2) is 0 Å². The second-order valence-electron chi connectivity index (χ2n) is 5.26. The van der Waals surface area contributed by atoms with Crippen molar-refractivity contribution in [2.24, 2.45) is 0 Å². The minimum atomic E-state index is -0.650. The lowest BCUT2D eigenvalue weighted by atomic mass is 10.1. The number of carbonyl (C=O) groups excluding carboxylic acids is 2. The number of benzene rings is 2. The molecule has 0 saturated heterocycles. The second-order valence-corrected chi connectivity index (χ2v) is 7.50. The Morgan fingerprint density at radius 3 is 2.52 bits per heavy atom. The van der Waals surface area contributed by atoms with Gasteiger partial charge >= 0.3 is 0 Å². The van der Waals surface area contributed by atoms with Crippen LogP contribution in [0.2, 0.25) is 5.02 Å². The SMILES string of the molecule is CSCCC(NC(=O)c1ccccc1Br)C(=O)Nc1ccccc1Cl. The van der Waals surface area contributed by atoms with Crippen molar-refractivity contribution < 1.29 is 9.59 Å². The Labute approximate surface area is 164 Å². The molecule has 0 bridgehead atoms. The topological polar surface area (TPSA) is 58.2 Å². The molecule has 0 aliphatic carbocycles. The Morgan fingerprint density at radius 2 is 1.84 bits per heavy atom. The highest BCUT2D eigenvalue weighted by Gasteiger charge is 2.22. The fourth-order valence-electron chi connectivity index (χ4n) is 2.17. The lowest BCUT2D eigenvalue weighted by molar-refractivity contribution is -0.118. The summed E-state index contributed by atoms with van der Waals surface area (Å²) in [7, 11) is 0. The largest absolute Gasteiger partial charge is 0.340 e. The summed E-state index contributed by atoms with van der Waals surface area (Å²) in [5.41, 5.74) is 1.01. The van der Waals surface area contributed by atoms with E-state index in [2.05, 4.69) is 26.6 Å². The number of thioether (sulfide) groups is 1. The first-order valence-corrected chi connectivity index (χ1v) is 10.2. The average Bonchev–Trinajstić information content (AvgIpc) is 2.60. The zero-order chi connectivity index (χ0) is 18.2. The molecule has 2 aromatic rings. The minimum absolute atomic E-state index is 0.289. The average molecular weight is 442 g/mol. The summed E-state index contributed by atoms with van der Waals surface area (Å²) in [5, 5.41) is 6.05. The smallest absolute Gasteiger partial charge is 0.253 e. The number of carbonyl (C=O) groups is 2. The van der Waals surface area contributed by atoms with E-state index in [0.717, 1.165) is 5.75 Å². The van der Waals surface area contributed by atoms with Crippen LogP contribution < -0.4 is 10.6 Å². The van der Waals surface area contributed by atoms with E-state index in [9.17, 15) is 9.59 Å². The van der Waals surface area contributed by atoms with Crippen molar-refractivity contribution in [2.75, 3.05) is 17.3 Å². The Morgan fingerprint density at radius 1 is 1.16 bits per heavy atom. The Bertz CT molecular complexity index is 757. The summed E-state index contributed by atoms with van der Waals surface area (Å²) in [6, 6.07) is 13.5. The fraction of sp³-hybridized carbons (Fsp3) is 0.222. The molecule has 2 amide bonds. The number of para-hydroxylation sites is 1. The maximum atomic E-state index is 12.6. The molecule has 0 saturated carbocycles. The van der Waals surface area contributed by atoms with Gasteiger partial charge in [-0.3, -0.25) is 9.59 Å². The van der Waals surface area contributed by atoms with E-state index in [4.69, 9.17) is 11.6 Å². The van der Waals surface area contributed by atoms with Crippen LogP contribution in [0.25, 0.3) is 0 Å². The van der Waals surface area contributed by atoms with Crippen molar-refractivity contribution in [1.82, 2.24) is 5.32 Å². The summed E-state index contributed by atoms with van der Waals surface area (Å²) < 4.78 is 0.683. The Balaban J connectivity index is 2.12. The Kier molecular flexibility index (Phi) is 7.81. The van der Waals surface area contributed by atoms with E-state index >= 15 is 0 Å². The molecule has 0 aliphatic rings. The van der Waals surface area contributed by atoms with E-state index in [-0.39, 0.29) is 11.8 Å². The van der Waals surface area contributed by atoms with E-state index < -0.39 is 6.04 Å². The molecule has 2 aromatic carbocycles. The highest BCUT2D eigenvalue weighted by atomic mass is 79.9. The van der Waals surface area contributed by atoms with E-state index in [1.165, 1.54) is 0 Å². The molecular weight excluding hydrogens is 424 g/mol. The van der Waals surface area contributed by atoms with Crippen LogP contribution in [0.5, 0.6) is 0 Å². The lowest BCUT2D eigenvalue weighted by Crippen LogP contribution is -2.44. The number of anilines is 1. The highest BCUT2D eigenvalue weighted by Crippen LogP contribution is 2.21. The summed E-state index contributed by atoms with van der Waals surface area (Å²) in [6.45, 7) is 0. The number of nitrogens with one attached hydrogen (secondary N) is 2. The number of hydrogen-bond acceptors (Lipinski definition) is 3. The zero-order valence-corrected chi connectivity index (χ0v) is 16.7. The van der Waals surface area contributed by atoms with Gasteiger partial charge in [0.25, 0.3) is 5.91 Å². The van der Waals surface area contributed by atoms with Crippen LogP contribution in [-0.2, 0) is 4.79 Å². The van der Waals surface area contributed by atoms with Crippen LogP contribution in [0.1, 0.15) is 16.8 Å². The summed E-state index contributed by atoms with van der Waals surface area (Å²) >= 11 is 11.1. The van der Waals surface area contributed by atoms with Gasteiger partial charge in [-0.15, -0.1) is 0 Å². The van der Waals surface area contributed by atoms with Crippen LogP contribution in [0.3, 0.4) is 0 Å². The van der Waals surface area contributed by atoms with E-state index in [1.54, 1.807) is 54.2 Å². The van der Waals surface area contributed by atoms with Gasteiger partial charge in [0, 0.05) is 4.47 Å². The summed E-state index contributed by atoms with van der Waals surface area (Å²) in [6.07, 6.45) is 2.48. The van der Waals surface area contributed by atoms with Crippen molar-refractivity contribution in [3.8, 4) is 0 Å². The van der Waals surface area contributed by atoms with Crippen molar-refractivity contribution in [1.29, 1.82) is 0 Å². The molecule has 0 radical (unpaired) electrons. The molecule has 0 aromatic heterocycles. The summed E-state index contributed by atoms with van der Waals surface area (Å²) in [4.78, 5) is 25.1. The molecule has 2 N–H and O–H groups in total. The third kappa shape index (κ3) is 5.76. The second kappa shape index (κ2) is 9.85. The van der Waals surface area contributed by atoms with Crippen LogP contribution in [0.15, 0.2) is 53.0 Å². The standard InChI is InChI=1S/C18H18BrClN2O2S/c1-25-11-10-16(18(24)21-15-9-5-4-8-14(15)20)22-17(23)12-6-2-3-7-13(12)19/h2-9,16H,10-11H2,1H3,(H,21,24)(H,22,23). The predicted molar refractivity (Wildman–Crippen MR) is 108 cm³/mol. The van der Waals surface area contributed by atoms with Gasteiger partial charge in [-0.05, 0) is 58.6 Å². The molecule has 0 fully saturated rings. The number of halogens is 2. The van der Waals surface area contributed by atoms with Crippen LogP contribution in [0, 0.1) is 0 Å². The number of rotatable bonds is 7. The molecule has 2 rings (SSSR count). The van der Waals surface area contributed by atoms with Crippen molar-refractivity contribution in [3.63, 3.8) is 0 Å².